The van der Waals surface area contributed by atoms with E-state index in [1.54, 1.807) is 20.8 Å². The predicted octanol–water partition coefficient (Wildman–Crippen LogP) is 4.02. The van der Waals surface area contributed by atoms with Crippen LogP contribution >= 0.6 is 11.6 Å². The highest BCUT2D eigenvalue weighted by atomic mass is 35.5. The maximum absolute atomic E-state index is 11.8. The fraction of sp³-hybridized carbons (Fsp3) is 0.286. The number of nitro groups is 1. The molecule has 0 radical (unpaired) electrons. The molecule has 1 aromatic heterocycles. The van der Waals surface area contributed by atoms with E-state index in [2.05, 4.69) is 5.10 Å². The lowest BCUT2D eigenvalue weighted by Gasteiger charge is -2.18. The Bertz CT molecular complexity index is 751. The van der Waals surface area contributed by atoms with E-state index in [1.165, 1.54) is 30.6 Å². The fourth-order valence-electron chi connectivity index (χ4n) is 1.62. The quantitative estimate of drug-likeness (QED) is 0.619. The lowest BCUT2D eigenvalue weighted by molar-refractivity contribution is -0.384. The number of halogens is 1. The molecule has 9 heteroatoms. The first kappa shape index (κ1) is 16.8. The van der Waals surface area contributed by atoms with Gasteiger partial charge in [-0.15, -0.1) is 0 Å². The summed E-state index contributed by atoms with van der Waals surface area (Å²) in [6, 6.07) is 3.84. The number of non-ortho nitro benzene ring substituents is 1. The summed E-state index contributed by atoms with van der Waals surface area (Å²) in [4.78, 5) is 22.1. The number of ether oxygens (including phenoxy) is 2. The summed E-state index contributed by atoms with van der Waals surface area (Å²) in [7, 11) is 0. The second-order valence-electron chi connectivity index (χ2n) is 5.61. The van der Waals surface area contributed by atoms with Gasteiger partial charge in [0.05, 0.1) is 28.4 Å². The van der Waals surface area contributed by atoms with Crippen molar-refractivity contribution in [3.8, 4) is 11.5 Å². The molecule has 122 valence electrons. The van der Waals surface area contributed by atoms with Crippen molar-refractivity contribution in [3.05, 3.63) is 45.7 Å². The molecule has 0 N–H and O–H groups in total. The molecule has 0 aliphatic carbocycles. The van der Waals surface area contributed by atoms with E-state index >= 15 is 0 Å². The SMILES string of the molecule is CC(C)(C)OC(=O)n1cc(Oc2cc(Cl)cc([N+](=O)[O-])c2)cn1. The monoisotopic (exact) mass is 339 g/mol. The molecule has 0 atom stereocenters. The first-order valence-corrected chi connectivity index (χ1v) is 6.93. The maximum Gasteiger partial charge on any atom is 0.435 e. The van der Waals surface area contributed by atoms with Crippen molar-refractivity contribution >= 4 is 23.4 Å². The van der Waals surface area contributed by atoms with Crippen molar-refractivity contribution in [3.63, 3.8) is 0 Å². The molecule has 0 spiro atoms. The summed E-state index contributed by atoms with van der Waals surface area (Å²) in [5.74, 6) is 0.375. The van der Waals surface area contributed by atoms with Gasteiger partial charge in [0.25, 0.3) is 5.69 Å². The molecule has 8 nitrogen and oxygen atoms in total. The van der Waals surface area contributed by atoms with E-state index < -0.39 is 16.6 Å². The standard InChI is InChI=1S/C14H14ClN3O5/c1-14(2,3)23-13(19)17-8-12(7-16-17)22-11-5-9(15)4-10(6-11)18(20)21/h4-8H,1-3H3. The van der Waals surface area contributed by atoms with Gasteiger partial charge in [0.15, 0.2) is 5.75 Å². The number of aromatic nitrogens is 2. The first-order chi connectivity index (χ1) is 10.6. The highest BCUT2D eigenvalue weighted by Gasteiger charge is 2.19. The van der Waals surface area contributed by atoms with Gasteiger partial charge >= 0.3 is 6.09 Å². The summed E-state index contributed by atoms with van der Waals surface area (Å²) in [5, 5.41) is 14.8. The minimum atomic E-state index is -0.663. The Hall–Kier alpha value is -2.61. The molecule has 0 bridgehead atoms. The minimum Gasteiger partial charge on any atom is -0.454 e. The fourth-order valence-corrected chi connectivity index (χ4v) is 1.84. The van der Waals surface area contributed by atoms with E-state index in [0.717, 1.165) is 4.68 Å². The third kappa shape index (κ3) is 4.68. The van der Waals surface area contributed by atoms with Crippen molar-refractivity contribution in [1.82, 2.24) is 9.78 Å². The van der Waals surface area contributed by atoms with Gasteiger partial charge in [-0.2, -0.15) is 9.78 Å². The van der Waals surface area contributed by atoms with Gasteiger partial charge in [-0.25, -0.2) is 4.79 Å². The van der Waals surface area contributed by atoms with Gasteiger partial charge in [0.1, 0.15) is 11.4 Å². The summed E-state index contributed by atoms with van der Waals surface area (Å²) in [5.41, 5.74) is -0.857. The van der Waals surface area contributed by atoms with Crippen molar-refractivity contribution in [2.75, 3.05) is 0 Å². The lowest BCUT2D eigenvalue weighted by Crippen LogP contribution is -2.27. The number of nitro benzene ring substituents is 1. The van der Waals surface area contributed by atoms with Crippen LogP contribution in [0.15, 0.2) is 30.6 Å². The average Bonchev–Trinajstić information content (AvgIpc) is 2.84. The summed E-state index contributed by atoms with van der Waals surface area (Å²) in [6.07, 6.45) is 1.93. The molecular formula is C14H14ClN3O5. The molecule has 0 aliphatic rings. The van der Waals surface area contributed by atoms with Crippen LogP contribution in [0.2, 0.25) is 5.02 Å². The zero-order valence-corrected chi connectivity index (χ0v) is 13.4. The molecule has 1 aromatic carbocycles. The normalized spacial score (nSPS) is 11.1. The van der Waals surface area contributed by atoms with Crippen LogP contribution in [0.25, 0.3) is 0 Å². The molecular weight excluding hydrogens is 326 g/mol. The molecule has 0 saturated carbocycles. The summed E-state index contributed by atoms with van der Waals surface area (Å²) < 4.78 is 11.6. The van der Waals surface area contributed by atoms with Crippen LogP contribution in [0.1, 0.15) is 20.8 Å². The molecule has 0 unspecified atom stereocenters. The Morgan fingerprint density at radius 3 is 2.61 bits per heavy atom. The topological polar surface area (TPSA) is 96.5 Å². The molecule has 23 heavy (non-hydrogen) atoms. The highest BCUT2D eigenvalue weighted by Crippen LogP contribution is 2.29. The first-order valence-electron chi connectivity index (χ1n) is 6.55. The average molecular weight is 340 g/mol. The zero-order chi connectivity index (χ0) is 17.2. The van der Waals surface area contributed by atoms with Crippen LogP contribution < -0.4 is 4.74 Å². The van der Waals surface area contributed by atoms with Gasteiger partial charge in [0.2, 0.25) is 0 Å². The van der Waals surface area contributed by atoms with Crippen LogP contribution in [0.4, 0.5) is 10.5 Å². The van der Waals surface area contributed by atoms with Crippen molar-refractivity contribution in [2.45, 2.75) is 26.4 Å². The molecule has 0 saturated heterocycles. The third-order valence-corrected chi connectivity index (χ3v) is 2.66. The third-order valence-electron chi connectivity index (χ3n) is 2.44. The Labute approximate surface area is 136 Å². The van der Waals surface area contributed by atoms with E-state index in [4.69, 9.17) is 21.1 Å². The van der Waals surface area contributed by atoms with Gasteiger partial charge in [-0.05, 0) is 26.8 Å². The lowest BCUT2D eigenvalue weighted by atomic mass is 10.2. The van der Waals surface area contributed by atoms with E-state index in [0.29, 0.717) is 0 Å². The molecule has 0 amide bonds. The van der Waals surface area contributed by atoms with Crippen LogP contribution in [-0.2, 0) is 4.74 Å². The molecule has 0 fully saturated rings. The number of hydrogen-bond acceptors (Lipinski definition) is 6. The number of carbonyl (C=O) groups excluding carboxylic acids is 1. The van der Waals surface area contributed by atoms with Gasteiger partial charge in [0, 0.05) is 6.07 Å². The number of rotatable bonds is 3. The highest BCUT2D eigenvalue weighted by molar-refractivity contribution is 6.30. The number of nitrogens with zero attached hydrogens (tertiary/aromatic N) is 3. The van der Waals surface area contributed by atoms with Crippen LogP contribution in [0, 0.1) is 10.1 Å². The van der Waals surface area contributed by atoms with Crippen LogP contribution in [0.3, 0.4) is 0 Å². The smallest absolute Gasteiger partial charge is 0.435 e. The number of hydrogen-bond donors (Lipinski definition) is 0. The van der Waals surface area contributed by atoms with Crippen molar-refractivity contribution < 1.29 is 19.2 Å². The van der Waals surface area contributed by atoms with Crippen molar-refractivity contribution in [1.29, 1.82) is 0 Å². The second kappa shape index (κ2) is 6.25. The van der Waals surface area contributed by atoms with Crippen LogP contribution in [0.5, 0.6) is 11.5 Å². The largest absolute Gasteiger partial charge is 0.454 e. The molecule has 2 aromatic rings. The van der Waals surface area contributed by atoms with Crippen LogP contribution in [-0.4, -0.2) is 26.4 Å². The van der Waals surface area contributed by atoms with Gasteiger partial charge < -0.3 is 9.47 Å². The Balaban J connectivity index is 2.16. The second-order valence-corrected chi connectivity index (χ2v) is 6.04. The number of carbonyl (C=O) groups is 1. The van der Waals surface area contributed by atoms with E-state index in [9.17, 15) is 14.9 Å². The summed E-state index contributed by atoms with van der Waals surface area (Å²) in [6.45, 7) is 5.20. The number of benzene rings is 1. The van der Waals surface area contributed by atoms with E-state index in [1.807, 2.05) is 0 Å². The summed E-state index contributed by atoms with van der Waals surface area (Å²) >= 11 is 5.81. The Morgan fingerprint density at radius 2 is 2.00 bits per heavy atom. The molecule has 1 heterocycles. The minimum absolute atomic E-state index is 0.160. The predicted molar refractivity (Wildman–Crippen MR) is 82.0 cm³/mol. The van der Waals surface area contributed by atoms with Gasteiger partial charge in [-0.1, -0.05) is 11.6 Å². The molecule has 2 rings (SSSR count). The van der Waals surface area contributed by atoms with Crippen molar-refractivity contribution in [2.24, 2.45) is 0 Å². The maximum atomic E-state index is 11.8. The Kier molecular flexibility index (Phi) is 4.55. The Morgan fingerprint density at radius 1 is 1.30 bits per heavy atom. The zero-order valence-electron chi connectivity index (χ0n) is 12.6. The van der Waals surface area contributed by atoms with Gasteiger partial charge in [-0.3, -0.25) is 10.1 Å². The molecule has 0 aliphatic heterocycles. The van der Waals surface area contributed by atoms with E-state index in [-0.39, 0.29) is 22.2 Å².